The third-order valence-corrected chi connectivity index (χ3v) is 4.24. The summed E-state index contributed by atoms with van der Waals surface area (Å²) in [4.78, 5) is 2.47. The van der Waals surface area contributed by atoms with Gasteiger partial charge in [-0.05, 0) is 33.0 Å². The van der Waals surface area contributed by atoms with Crippen LogP contribution in [-0.2, 0) is 9.47 Å². The number of nitrogens with zero attached hydrogens (tertiary/aromatic N) is 1. The van der Waals surface area contributed by atoms with E-state index in [2.05, 4.69) is 31.1 Å². The Labute approximate surface area is 111 Å². The molecule has 2 aliphatic rings. The lowest BCUT2D eigenvalue weighted by molar-refractivity contribution is -0.192. The number of hydrogen-bond acceptors (Lipinski definition) is 4. The molecule has 1 aliphatic heterocycles. The molecular weight excluding hydrogens is 228 g/mol. The van der Waals surface area contributed by atoms with Crippen molar-refractivity contribution in [2.24, 2.45) is 0 Å². The summed E-state index contributed by atoms with van der Waals surface area (Å²) in [6.45, 7) is 8.12. The van der Waals surface area contributed by atoms with E-state index < -0.39 is 0 Å². The monoisotopic (exact) mass is 256 g/mol. The molecule has 0 aromatic heterocycles. The van der Waals surface area contributed by atoms with Crippen molar-refractivity contribution in [1.29, 1.82) is 0 Å². The summed E-state index contributed by atoms with van der Waals surface area (Å²) in [6, 6.07) is 1.10. The molecule has 2 fully saturated rings. The van der Waals surface area contributed by atoms with E-state index in [1.54, 1.807) is 0 Å². The van der Waals surface area contributed by atoms with Crippen LogP contribution in [0, 0.1) is 0 Å². The molecule has 1 spiro atoms. The fourth-order valence-corrected chi connectivity index (χ4v) is 3.37. The zero-order chi connectivity index (χ0) is 13.0. The van der Waals surface area contributed by atoms with Crippen molar-refractivity contribution in [2.75, 3.05) is 33.4 Å². The Morgan fingerprint density at radius 3 is 2.61 bits per heavy atom. The van der Waals surface area contributed by atoms with E-state index in [9.17, 15) is 0 Å². The van der Waals surface area contributed by atoms with Crippen molar-refractivity contribution in [3.63, 3.8) is 0 Å². The first-order valence-electron chi connectivity index (χ1n) is 7.42. The van der Waals surface area contributed by atoms with Gasteiger partial charge in [0.2, 0.25) is 0 Å². The molecule has 106 valence electrons. The Balaban J connectivity index is 2.02. The van der Waals surface area contributed by atoms with Gasteiger partial charge in [0.15, 0.2) is 5.79 Å². The standard InChI is InChI=1S/C14H28N2O2/c1-4-8-16(3)13-11-14(17-9-10-18-14)7-6-12(13)15-5-2/h12-13,15H,4-11H2,1-3H3. The van der Waals surface area contributed by atoms with E-state index in [0.29, 0.717) is 12.1 Å². The summed E-state index contributed by atoms with van der Waals surface area (Å²) >= 11 is 0. The van der Waals surface area contributed by atoms with Crippen LogP contribution in [0.2, 0.25) is 0 Å². The first kappa shape index (κ1) is 14.3. The highest BCUT2D eigenvalue weighted by molar-refractivity contribution is 4.95. The van der Waals surface area contributed by atoms with Crippen molar-refractivity contribution in [2.45, 2.75) is 57.4 Å². The second-order valence-corrected chi connectivity index (χ2v) is 5.56. The maximum Gasteiger partial charge on any atom is 0.170 e. The summed E-state index contributed by atoms with van der Waals surface area (Å²) in [5.41, 5.74) is 0. The minimum Gasteiger partial charge on any atom is -0.347 e. The highest BCUT2D eigenvalue weighted by atomic mass is 16.7. The van der Waals surface area contributed by atoms with Crippen LogP contribution in [0.3, 0.4) is 0 Å². The average molecular weight is 256 g/mol. The van der Waals surface area contributed by atoms with E-state index in [-0.39, 0.29) is 5.79 Å². The van der Waals surface area contributed by atoms with Crippen LogP contribution < -0.4 is 5.32 Å². The van der Waals surface area contributed by atoms with Crippen LogP contribution in [0.25, 0.3) is 0 Å². The zero-order valence-electron chi connectivity index (χ0n) is 12.1. The fourth-order valence-electron chi connectivity index (χ4n) is 3.37. The maximum absolute atomic E-state index is 5.89. The van der Waals surface area contributed by atoms with Gasteiger partial charge in [-0.2, -0.15) is 0 Å². The van der Waals surface area contributed by atoms with E-state index in [1.165, 1.54) is 6.42 Å². The lowest BCUT2D eigenvalue weighted by Gasteiger charge is -2.45. The van der Waals surface area contributed by atoms with Crippen LogP contribution in [0.15, 0.2) is 0 Å². The largest absolute Gasteiger partial charge is 0.347 e. The van der Waals surface area contributed by atoms with Crippen LogP contribution in [0.1, 0.15) is 39.5 Å². The Morgan fingerprint density at radius 1 is 1.28 bits per heavy atom. The molecule has 4 nitrogen and oxygen atoms in total. The van der Waals surface area contributed by atoms with Crippen molar-refractivity contribution in [1.82, 2.24) is 10.2 Å². The third-order valence-electron chi connectivity index (χ3n) is 4.24. The predicted molar refractivity (Wildman–Crippen MR) is 72.7 cm³/mol. The molecule has 4 heteroatoms. The topological polar surface area (TPSA) is 33.7 Å². The second kappa shape index (κ2) is 6.33. The van der Waals surface area contributed by atoms with Crippen molar-refractivity contribution >= 4 is 0 Å². The molecule has 1 N–H and O–H groups in total. The van der Waals surface area contributed by atoms with Gasteiger partial charge in [-0.1, -0.05) is 13.8 Å². The fraction of sp³-hybridized carbons (Fsp3) is 1.00. The van der Waals surface area contributed by atoms with Crippen LogP contribution >= 0.6 is 0 Å². The highest BCUT2D eigenvalue weighted by Gasteiger charge is 2.45. The minimum absolute atomic E-state index is 0.279. The minimum atomic E-state index is -0.279. The van der Waals surface area contributed by atoms with E-state index in [1.807, 2.05) is 0 Å². The first-order valence-corrected chi connectivity index (χ1v) is 7.42. The molecule has 0 radical (unpaired) electrons. The van der Waals surface area contributed by atoms with E-state index in [0.717, 1.165) is 45.6 Å². The molecule has 2 rings (SSSR count). The van der Waals surface area contributed by atoms with Gasteiger partial charge in [0.05, 0.1) is 13.2 Å². The van der Waals surface area contributed by atoms with Crippen molar-refractivity contribution < 1.29 is 9.47 Å². The lowest BCUT2D eigenvalue weighted by atomic mass is 9.84. The Kier molecular flexibility index (Phi) is 5.01. The highest BCUT2D eigenvalue weighted by Crippen LogP contribution is 2.37. The SMILES string of the molecule is CCCN(C)C1CC2(CCC1NCC)OCCO2. The van der Waals surface area contributed by atoms with Crippen LogP contribution in [0.4, 0.5) is 0 Å². The normalized spacial score (nSPS) is 31.3. The number of ether oxygens (including phenoxy) is 2. The Bertz CT molecular complexity index is 254. The molecule has 0 amide bonds. The lowest BCUT2D eigenvalue weighted by Crippen LogP contribution is -2.57. The van der Waals surface area contributed by atoms with Gasteiger partial charge in [-0.15, -0.1) is 0 Å². The van der Waals surface area contributed by atoms with Gasteiger partial charge in [-0.3, -0.25) is 0 Å². The Hall–Kier alpha value is -0.160. The molecule has 18 heavy (non-hydrogen) atoms. The average Bonchev–Trinajstić information content (AvgIpc) is 2.81. The van der Waals surface area contributed by atoms with Gasteiger partial charge >= 0.3 is 0 Å². The molecule has 0 bridgehead atoms. The molecule has 0 aromatic carbocycles. The van der Waals surface area contributed by atoms with Gasteiger partial charge in [0, 0.05) is 24.9 Å². The number of hydrogen-bond donors (Lipinski definition) is 1. The van der Waals surface area contributed by atoms with Crippen LogP contribution in [-0.4, -0.2) is 56.1 Å². The smallest absolute Gasteiger partial charge is 0.170 e. The summed E-state index contributed by atoms with van der Waals surface area (Å²) in [7, 11) is 2.23. The molecule has 0 aromatic rings. The molecule has 1 aliphatic carbocycles. The third kappa shape index (κ3) is 3.05. The number of rotatable bonds is 5. The van der Waals surface area contributed by atoms with E-state index >= 15 is 0 Å². The molecular formula is C14H28N2O2. The van der Waals surface area contributed by atoms with Crippen molar-refractivity contribution in [3.05, 3.63) is 0 Å². The summed E-state index contributed by atoms with van der Waals surface area (Å²) in [6.07, 6.45) is 4.37. The molecule has 1 saturated carbocycles. The number of nitrogens with one attached hydrogen (secondary N) is 1. The quantitative estimate of drug-likeness (QED) is 0.810. The summed E-state index contributed by atoms with van der Waals surface area (Å²) < 4.78 is 11.8. The van der Waals surface area contributed by atoms with Gasteiger partial charge in [0.1, 0.15) is 0 Å². The number of likely N-dealkylation sites (N-methyl/N-ethyl adjacent to an activating group) is 2. The summed E-state index contributed by atoms with van der Waals surface area (Å²) in [5.74, 6) is -0.279. The molecule has 2 atom stereocenters. The summed E-state index contributed by atoms with van der Waals surface area (Å²) in [5, 5.41) is 3.63. The zero-order valence-corrected chi connectivity index (χ0v) is 12.1. The van der Waals surface area contributed by atoms with Gasteiger partial charge in [-0.25, -0.2) is 0 Å². The van der Waals surface area contributed by atoms with E-state index in [4.69, 9.17) is 9.47 Å². The predicted octanol–water partition coefficient (Wildman–Crippen LogP) is 1.60. The van der Waals surface area contributed by atoms with Gasteiger partial charge < -0.3 is 19.7 Å². The first-order chi connectivity index (χ1) is 8.71. The molecule has 2 unspecified atom stereocenters. The Morgan fingerprint density at radius 2 is 2.00 bits per heavy atom. The van der Waals surface area contributed by atoms with Gasteiger partial charge in [0.25, 0.3) is 0 Å². The second-order valence-electron chi connectivity index (χ2n) is 5.56. The molecule has 1 saturated heterocycles. The van der Waals surface area contributed by atoms with Crippen molar-refractivity contribution in [3.8, 4) is 0 Å². The molecule has 1 heterocycles. The maximum atomic E-state index is 5.89. The van der Waals surface area contributed by atoms with Crippen LogP contribution in [0.5, 0.6) is 0 Å².